The highest BCUT2D eigenvalue weighted by molar-refractivity contribution is 7.90. The molecule has 0 unspecified atom stereocenters. The fourth-order valence-corrected chi connectivity index (χ4v) is 4.89. The predicted molar refractivity (Wildman–Crippen MR) is 101 cm³/mol. The van der Waals surface area contributed by atoms with Crippen LogP contribution in [0, 0.1) is 16.0 Å². The SMILES string of the molecule is CS(=O)(=O)c1ccc(NCC(=O)N2CCC[C@@H]3CCCC[C@@H]32)c([N+](=O)[O-])c1. The Bertz CT molecular complexity index is 837. The van der Waals surface area contributed by atoms with E-state index >= 15 is 0 Å². The van der Waals surface area contributed by atoms with Crippen LogP contribution in [-0.4, -0.2) is 49.5 Å². The number of sulfone groups is 1. The van der Waals surface area contributed by atoms with E-state index in [9.17, 15) is 23.3 Å². The number of carbonyl (C=O) groups is 1. The molecule has 0 bridgehead atoms. The number of nitro groups is 1. The molecule has 1 amide bonds. The van der Waals surface area contributed by atoms with E-state index in [-0.39, 0.29) is 34.8 Å². The largest absolute Gasteiger partial charge is 0.371 e. The summed E-state index contributed by atoms with van der Waals surface area (Å²) in [6.45, 7) is 0.694. The van der Waals surface area contributed by atoms with Crippen molar-refractivity contribution in [2.24, 2.45) is 5.92 Å². The summed E-state index contributed by atoms with van der Waals surface area (Å²) in [5.41, 5.74) is -0.196. The van der Waals surface area contributed by atoms with Crippen molar-refractivity contribution in [1.82, 2.24) is 4.90 Å². The quantitative estimate of drug-likeness (QED) is 0.606. The second-order valence-electron chi connectivity index (χ2n) is 7.40. The highest BCUT2D eigenvalue weighted by atomic mass is 32.2. The van der Waals surface area contributed by atoms with Crippen LogP contribution in [0.2, 0.25) is 0 Å². The highest BCUT2D eigenvalue weighted by Crippen LogP contribution is 2.35. The molecule has 1 aromatic carbocycles. The molecule has 8 nitrogen and oxygen atoms in total. The fourth-order valence-electron chi connectivity index (χ4n) is 4.25. The fraction of sp³-hybridized carbons (Fsp3) is 0.611. The minimum absolute atomic E-state index is 0.0394. The maximum Gasteiger partial charge on any atom is 0.293 e. The zero-order chi connectivity index (χ0) is 19.6. The Labute approximate surface area is 159 Å². The number of benzene rings is 1. The van der Waals surface area contributed by atoms with Gasteiger partial charge in [-0.15, -0.1) is 0 Å². The molecule has 1 saturated heterocycles. The van der Waals surface area contributed by atoms with Crippen LogP contribution in [0.25, 0.3) is 0 Å². The number of likely N-dealkylation sites (tertiary alicyclic amines) is 1. The lowest BCUT2D eigenvalue weighted by atomic mass is 9.78. The first-order chi connectivity index (χ1) is 12.8. The van der Waals surface area contributed by atoms with Gasteiger partial charge in [0.05, 0.1) is 16.4 Å². The van der Waals surface area contributed by atoms with Crippen LogP contribution < -0.4 is 5.32 Å². The number of rotatable bonds is 5. The van der Waals surface area contributed by atoms with Crippen molar-refractivity contribution in [3.8, 4) is 0 Å². The van der Waals surface area contributed by atoms with Gasteiger partial charge >= 0.3 is 0 Å². The van der Waals surface area contributed by atoms with Gasteiger partial charge in [0, 0.05) is 24.9 Å². The Morgan fingerprint density at radius 1 is 1.26 bits per heavy atom. The summed E-state index contributed by atoms with van der Waals surface area (Å²) in [6, 6.07) is 3.97. The van der Waals surface area contributed by atoms with E-state index in [2.05, 4.69) is 5.32 Å². The Morgan fingerprint density at radius 3 is 2.67 bits per heavy atom. The summed E-state index contributed by atoms with van der Waals surface area (Å²) in [5.74, 6) is 0.507. The van der Waals surface area contributed by atoms with Gasteiger partial charge in [0.1, 0.15) is 5.69 Å². The number of piperidine rings is 1. The number of nitrogens with one attached hydrogen (secondary N) is 1. The molecule has 1 N–H and O–H groups in total. The van der Waals surface area contributed by atoms with Crippen molar-refractivity contribution in [3.63, 3.8) is 0 Å². The average Bonchev–Trinajstić information content (AvgIpc) is 2.64. The first-order valence-electron chi connectivity index (χ1n) is 9.29. The van der Waals surface area contributed by atoms with E-state index in [0.717, 1.165) is 38.1 Å². The maximum atomic E-state index is 12.7. The molecule has 0 aromatic heterocycles. The lowest BCUT2D eigenvalue weighted by molar-refractivity contribution is -0.384. The molecule has 2 aliphatic rings. The lowest BCUT2D eigenvalue weighted by Gasteiger charge is -2.44. The monoisotopic (exact) mass is 395 g/mol. The van der Waals surface area contributed by atoms with Gasteiger partial charge in [-0.05, 0) is 43.7 Å². The summed E-state index contributed by atoms with van der Waals surface area (Å²) in [5, 5.41) is 14.1. The molecule has 0 radical (unpaired) electrons. The lowest BCUT2D eigenvalue weighted by Crippen LogP contribution is -2.51. The number of hydrogen-bond donors (Lipinski definition) is 1. The topological polar surface area (TPSA) is 110 Å². The van der Waals surface area contributed by atoms with E-state index in [1.165, 1.54) is 31.4 Å². The molecule has 1 heterocycles. The zero-order valence-electron chi connectivity index (χ0n) is 15.4. The molecule has 27 heavy (non-hydrogen) atoms. The standard InChI is InChI=1S/C18H25N3O5S/c1-27(25,26)14-8-9-15(17(11-14)21(23)24)19-12-18(22)20-10-4-6-13-5-2-3-7-16(13)20/h8-9,11,13,16,19H,2-7,10,12H2,1H3/t13-,16-/m0/s1. The van der Waals surface area contributed by atoms with E-state index < -0.39 is 14.8 Å². The summed E-state index contributed by atoms with van der Waals surface area (Å²) in [4.78, 5) is 25.2. The van der Waals surface area contributed by atoms with E-state index in [4.69, 9.17) is 0 Å². The first-order valence-corrected chi connectivity index (χ1v) is 11.2. The second kappa shape index (κ2) is 7.84. The van der Waals surface area contributed by atoms with Crippen LogP contribution in [-0.2, 0) is 14.6 Å². The Hall–Kier alpha value is -2.16. The number of carbonyl (C=O) groups excluding carboxylic acids is 1. The maximum absolute atomic E-state index is 12.7. The minimum atomic E-state index is -3.54. The van der Waals surface area contributed by atoms with Crippen molar-refractivity contribution in [1.29, 1.82) is 0 Å². The van der Waals surface area contributed by atoms with Crippen LogP contribution in [0.3, 0.4) is 0 Å². The predicted octanol–water partition coefficient (Wildman–Crippen LogP) is 2.59. The number of hydrogen-bond acceptors (Lipinski definition) is 6. The number of anilines is 1. The molecule has 0 spiro atoms. The Morgan fingerprint density at radius 2 is 1.96 bits per heavy atom. The van der Waals surface area contributed by atoms with Gasteiger partial charge in [-0.3, -0.25) is 14.9 Å². The van der Waals surface area contributed by atoms with Gasteiger partial charge in [-0.2, -0.15) is 0 Å². The number of fused-ring (bicyclic) bond motifs is 1. The molecule has 1 aliphatic heterocycles. The normalized spacial score (nSPS) is 22.8. The van der Waals surface area contributed by atoms with Gasteiger partial charge in [0.2, 0.25) is 5.91 Å². The minimum Gasteiger partial charge on any atom is -0.371 e. The van der Waals surface area contributed by atoms with Gasteiger partial charge in [0.15, 0.2) is 9.84 Å². The molecule has 9 heteroatoms. The molecule has 1 aromatic rings. The van der Waals surface area contributed by atoms with E-state index in [1.54, 1.807) is 0 Å². The van der Waals surface area contributed by atoms with Gasteiger partial charge in [0.25, 0.3) is 5.69 Å². The van der Waals surface area contributed by atoms with Crippen molar-refractivity contribution >= 4 is 27.1 Å². The van der Waals surface area contributed by atoms with Crippen molar-refractivity contribution in [2.45, 2.75) is 49.5 Å². The van der Waals surface area contributed by atoms with Crippen molar-refractivity contribution < 1.29 is 18.1 Å². The van der Waals surface area contributed by atoms with Crippen LogP contribution >= 0.6 is 0 Å². The van der Waals surface area contributed by atoms with Crippen LogP contribution in [0.4, 0.5) is 11.4 Å². The molecule has 2 fully saturated rings. The summed E-state index contributed by atoms with van der Waals surface area (Å²) >= 11 is 0. The molecular formula is C18H25N3O5S. The molecule has 2 atom stereocenters. The van der Waals surface area contributed by atoms with Crippen molar-refractivity contribution in [2.75, 3.05) is 24.7 Å². The number of amides is 1. The summed E-state index contributed by atoms with van der Waals surface area (Å²) < 4.78 is 23.2. The van der Waals surface area contributed by atoms with Gasteiger partial charge in [-0.1, -0.05) is 12.8 Å². The van der Waals surface area contributed by atoms with Crippen LogP contribution in [0.15, 0.2) is 23.1 Å². The third kappa shape index (κ3) is 4.40. The number of nitro benzene ring substituents is 1. The highest BCUT2D eigenvalue weighted by Gasteiger charge is 2.35. The Balaban J connectivity index is 1.72. The van der Waals surface area contributed by atoms with Crippen LogP contribution in [0.5, 0.6) is 0 Å². The van der Waals surface area contributed by atoms with Crippen LogP contribution in [0.1, 0.15) is 38.5 Å². The third-order valence-corrected chi connectivity index (χ3v) is 6.70. The molecule has 148 valence electrons. The summed E-state index contributed by atoms with van der Waals surface area (Å²) in [6.07, 6.45) is 7.72. The average molecular weight is 395 g/mol. The molecule has 1 saturated carbocycles. The van der Waals surface area contributed by atoms with E-state index in [1.807, 2.05) is 4.90 Å². The third-order valence-electron chi connectivity index (χ3n) is 5.59. The second-order valence-corrected chi connectivity index (χ2v) is 9.42. The van der Waals surface area contributed by atoms with Gasteiger partial charge in [-0.25, -0.2) is 8.42 Å². The smallest absolute Gasteiger partial charge is 0.293 e. The number of nitrogens with zero attached hydrogens (tertiary/aromatic N) is 2. The zero-order valence-corrected chi connectivity index (χ0v) is 16.2. The van der Waals surface area contributed by atoms with Gasteiger partial charge < -0.3 is 10.2 Å². The van der Waals surface area contributed by atoms with E-state index in [0.29, 0.717) is 5.92 Å². The molecule has 3 rings (SSSR count). The molecule has 1 aliphatic carbocycles. The first kappa shape index (κ1) is 19.6. The summed E-state index contributed by atoms with van der Waals surface area (Å²) in [7, 11) is -3.54. The molecular weight excluding hydrogens is 370 g/mol. The Kier molecular flexibility index (Phi) is 5.69. The van der Waals surface area contributed by atoms with Crippen molar-refractivity contribution in [3.05, 3.63) is 28.3 Å².